The fourth-order valence-electron chi connectivity index (χ4n) is 1.26. The highest BCUT2D eigenvalue weighted by molar-refractivity contribution is 6.59. The molecule has 0 saturated carbocycles. The van der Waals surface area contributed by atoms with Crippen molar-refractivity contribution in [3.63, 3.8) is 0 Å². The smallest absolute Gasteiger partial charge is 0.492 e. The van der Waals surface area contributed by atoms with Gasteiger partial charge >= 0.3 is 7.12 Å². The Bertz CT molecular complexity index is 342. The molecule has 0 amide bonds. The van der Waals surface area contributed by atoms with Crippen LogP contribution in [-0.2, 0) is 0 Å². The van der Waals surface area contributed by atoms with E-state index in [4.69, 9.17) is 14.8 Å². The zero-order valence-corrected chi connectivity index (χ0v) is 9.48. The maximum Gasteiger partial charge on any atom is 0.492 e. The minimum absolute atomic E-state index is 0.0590. The number of hydrogen-bond donors (Lipinski definition) is 2. The summed E-state index contributed by atoms with van der Waals surface area (Å²) >= 11 is 0. The molecular formula is C11H16BFO3. The Hall–Kier alpha value is -1.07. The molecule has 3 nitrogen and oxygen atoms in total. The van der Waals surface area contributed by atoms with Crippen LogP contribution in [0.2, 0.25) is 0 Å². The molecule has 0 atom stereocenters. The predicted octanol–water partition coefficient (Wildman–Crippen LogP) is 0.930. The van der Waals surface area contributed by atoms with E-state index in [-0.39, 0.29) is 5.46 Å². The van der Waals surface area contributed by atoms with Gasteiger partial charge in [0.25, 0.3) is 0 Å². The van der Waals surface area contributed by atoms with Crippen LogP contribution in [0, 0.1) is 11.7 Å². The van der Waals surface area contributed by atoms with Crippen LogP contribution in [0.15, 0.2) is 18.2 Å². The number of ether oxygens (including phenoxy) is 1. The van der Waals surface area contributed by atoms with Gasteiger partial charge in [0.05, 0.1) is 6.61 Å². The molecule has 0 saturated heterocycles. The van der Waals surface area contributed by atoms with E-state index >= 15 is 0 Å². The van der Waals surface area contributed by atoms with Crippen LogP contribution in [0.3, 0.4) is 0 Å². The summed E-state index contributed by atoms with van der Waals surface area (Å²) in [5.41, 5.74) is 0.0590. The molecule has 0 aliphatic heterocycles. The summed E-state index contributed by atoms with van der Waals surface area (Å²) in [6.45, 7) is 4.61. The van der Waals surface area contributed by atoms with Crippen LogP contribution in [0.1, 0.15) is 20.3 Å². The second-order valence-corrected chi connectivity index (χ2v) is 4.09. The van der Waals surface area contributed by atoms with Crippen LogP contribution in [0.5, 0.6) is 5.75 Å². The number of halogens is 1. The average molecular weight is 226 g/mol. The Morgan fingerprint density at radius 3 is 2.62 bits per heavy atom. The van der Waals surface area contributed by atoms with E-state index < -0.39 is 12.9 Å². The molecule has 0 spiro atoms. The van der Waals surface area contributed by atoms with E-state index in [1.54, 1.807) is 0 Å². The van der Waals surface area contributed by atoms with Crippen molar-refractivity contribution in [2.24, 2.45) is 5.92 Å². The molecule has 88 valence electrons. The third-order valence-electron chi connectivity index (χ3n) is 2.20. The fourth-order valence-corrected chi connectivity index (χ4v) is 1.26. The van der Waals surface area contributed by atoms with Gasteiger partial charge in [-0.15, -0.1) is 0 Å². The minimum Gasteiger partial charge on any atom is -0.494 e. The molecular weight excluding hydrogens is 210 g/mol. The van der Waals surface area contributed by atoms with Gasteiger partial charge in [0.2, 0.25) is 0 Å². The van der Waals surface area contributed by atoms with Gasteiger partial charge in [-0.25, -0.2) is 4.39 Å². The van der Waals surface area contributed by atoms with Crippen molar-refractivity contribution in [2.75, 3.05) is 6.61 Å². The van der Waals surface area contributed by atoms with Gasteiger partial charge < -0.3 is 14.8 Å². The molecule has 0 aliphatic rings. The standard InChI is InChI=1S/C11H16BFO3/c1-8(2)5-6-16-11-4-3-9(13)7-10(11)12(14)15/h3-4,7-8,14-15H,5-6H2,1-2H3. The quantitative estimate of drug-likeness (QED) is 0.734. The highest BCUT2D eigenvalue weighted by atomic mass is 19.1. The Morgan fingerprint density at radius 1 is 1.38 bits per heavy atom. The fraction of sp³-hybridized carbons (Fsp3) is 0.455. The maximum absolute atomic E-state index is 12.9. The number of benzene rings is 1. The van der Waals surface area contributed by atoms with Crippen LogP contribution in [-0.4, -0.2) is 23.8 Å². The lowest BCUT2D eigenvalue weighted by Crippen LogP contribution is -2.32. The maximum atomic E-state index is 12.9. The second-order valence-electron chi connectivity index (χ2n) is 4.09. The van der Waals surface area contributed by atoms with E-state index in [0.29, 0.717) is 18.3 Å². The van der Waals surface area contributed by atoms with E-state index in [0.717, 1.165) is 12.5 Å². The lowest BCUT2D eigenvalue weighted by molar-refractivity contribution is 0.290. The Labute approximate surface area is 95.0 Å². The third kappa shape index (κ3) is 3.83. The topological polar surface area (TPSA) is 49.7 Å². The average Bonchev–Trinajstić information content (AvgIpc) is 2.19. The van der Waals surface area contributed by atoms with Crippen molar-refractivity contribution in [1.29, 1.82) is 0 Å². The Morgan fingerprint density at radius 2 is 2.06 bits per heavy atom. The highest BCUT2D eigenvalue weighted by Gasteiger charge is 2.18. The van der Waals surface area contributed by atoms with Crippen LogP contribution < -0.4 is 10.2 Å². The number of rotatable bonds is 5. The second kappa shape index (κ2) is 5.87. The first-order valence-corrected chi connectivity index (χ1v) is 5.29. The first kappa shape index (κ1) is 13.0. The molecule has 0 aromatic heterocycles. The molecule has 0 radical (unpaired) electrons. The lowest BCUT2D eigenvalue weighted by Gasteiger charge is -2.12. The van der Waals surface area contributed by atoms with Gasteiger partial charge in [0, 0.05) is 5.46 Å². The van der Waals surface area contributed by atoms with Crippen molar-refractivity contribution in [3.8, 4) is 5.75 Å². The van der Waals surface area contributed by atoms with Crippen LogP contribution in [0.25, 0.3) is 0 Å². The molecule has 5 heteroatoms. The monoisotopic (exact) mass is 226 g/mol. The van der Waals surface area contributed by atoms with Gasteiger partial charge in [0.1, 0.15) is 11.6 Å². The highest BCUT2D eigenvalue weighted by Crippen LogP contribution is 2.11. The van der Waals surface area contributed by atoms with Crippen molar-refractivity contribution < 1.29 is 19.2 Å². The van der Waals surface area contributed by atoms with Crippen molar-refractivity contribution in [2.45, 2.75) is 20.3 Å². The zero-order valence-electron chi connectivity index (χ0n) is 9.48. The van der Waals surface area contributed by atoms with Crippen LogP contribution in [0.4, 0.5) is 4.39 Å². The van der Waals surface area contributed by atoms with Gasteiger partial charge in [-0.05, 0) is 30.5 Å². The minimum atomic E-state index is -1.72. The molecule has 0 heterocycles. The molecule has 0 fully saturated rings. The number of hydrogen-bond acceptors (Lipinski definition) is 3. The lowest BCUT2D eigenvalue weighted by atomic mass is 9.79. The van der Waals surface area contributed by atoms with Gasteiger partial charge in [0.15, 0.2) is 0 Å². The first-order valence-electron chi connectivity index (χ1n) is 5.29. The summed E-state index contributed by atoms with van der Waals surface area (Å²) in [6, 6.07) is 3.70. The van der Waals surface area contributed by atoms with E-state index in [2.05, 4.69) is 13.8 Å². The summed E-state index contributed by atoms with van der Waals surface area (Å²) in [5, 5.41) is 18.1. The van der Waals surface area contributed by atoms with Gasteiger partial charge in [-0.1, -0.05) is 13.8 Å². The van der Waals surface area contributed by atoms with Crippen LogP contribution >= 0.6 is 0 Å². The zero-order chi connectivity index (χ0) is 12.1. The summed E-state index contributed by atoms with van der Waals surface area (Å²) in [5.74, 6) is 0.305. The van der Waals surface area contributed by atoms with Crippen molar-refractivity contribution >= 4 is 12.6 Å². The van der Waals surface area contributed by atoms with E-state index in [1.807, 2.05) is 0 Å². The predicted molar refractivity (Wildman–Crippen MR) is 61.2 cm³/mol. The third-order valence-corrected chi connectivity index (χ3v) is 2.20. The largest absolute Gasteiger partial charge is 0.494 e. The molecule has 16 heavy (non-hydrogen) atoms. The van der Waals surface area contributed by atoms with E-state index in [9.17, 15) is 4.39 Å². The van der Waals surface area contributed by atoms with Gasteiger partial charge in [-0.3, -0.25) is 0 Å². The van der Waals surface area contributed by atoms with Crippen molar-refractivity contribution in [3.05, 3.63) is 24.0 Å². The summed E-state index contributed by atoms with van der Waals surface area (Å²) < 4.78 is 18.3. The van der Waals surface area contributed by atoms with Gasteiger partial charge in [-0.2, -0.15) is 0 Å². The molecule has 1 rings (SSSR count). The molecule has 0 aliphatic carbocycles. The molecule has 1 aromatic carbocycles. The molecule has 0 unspecified atom stereocenters. The molecule has 0 bridgehead atoms. The SMILES string of the molecule is CC(C)CCOc1ccc(F)cc1B(O)O. The Kier molecular flexibility index (Phi) is 4.77. The first-order chi connectivity index (χ1) is 7.50. The van der Waals surface area contributed by atoms with Crippen molar-refractivity contribution in [1.82, 2.24) is 0 Å². The summed E-state index contributed by atoms with van der Waals surface area (Å²) in [4.78, 5) is 0. The molecule has 1 aromatic rings. The summed E-state index contributed by atoms with van der Waals surface area (Å²) in [7, 11) is -1.72. The summed E-state index contributed by atoms with van der Waals surface area (Å²) in [6.07, 6.45) is 0.859. The molecule has 2 N–H and O–H groups in total. The van der Waals surface area contributed by atoms with E-state index in [1.165, 1.54) is 12.1 Å². The normalized spacial score (nSPS) is 10.6. The Balaban J connectivity index is 2.71.